The molecule has 0 heterocycles. The first-order chi connectivity index (χ1) is 7.13. The summed E-state index contributed by atoms with van der Waals surface area (Å²) < 4.78 is 5.67. The molecule has 0 radical (unpaired) electrons. The van der Waals surface area contributed by atoms with Crippen molar-refractivity contribution < 1.29 is 9.53 Å². The number of carbonyl (C=O) groups excluding carboxylic acids is 1. The lowest BCUT2D eigenvalue weighted by atomic mass is 9.93. The normalized spacial score (nSPS) is 28.7. The predicted octanol–water partition coefficient (Wildman–Crippen LogP) is 0.655. The third kappa shape index (κ3) is 4.18. The number of carbonyl (C=O) groups is 1. The summed E-state index contributed by atoms with van der Waals surface area (Å²) in [6.07, 6.45) is 4.79. The van der Waals surface area contributed by atoms with E-state index in [-0.39, 0.29) is 11.8 Å². The fraction of sp³-hybridized carbons (Fsp3) is 0.909. The molecule has 0 saturated heterocycles. The average Bonchev–Trinajstić information content (AvgIpc) is 2.26. The van der Waals surface area contributed by atoms with Gasteiger partial charge < -0.3 is 15.8 Å². The molecule has 4 heteroatoms. The minimum atomic E-state index is -0.279. The van der Waals surface area contributed by atoms with Crippen molar-refractivity contribution in [1.82, 2.24) is 5.32 Å². The quantitative estimate of drug-likeness (QED) is 0.706. The zero-order valence-corrected chi connectivity index (χ0v) is 9.66. The summed E-state index contributed by atoms with van der Waals surface area (Å²) in [6.45, 7) is 2.27. The number of ether oxygens (including phenoxy) is 1. The third-order valence-corrected chi connectivity index (χ3v) is 3.15. The average molecular weight is 214 g/mol. The molecule has 0 spiro atoms. The van der Waals surface area contributed by atoms with Crippen LogP contribution in [0.25, 0.3) is 0 Å². The second-order valence-corrected chi connectivity index (χ2v) is 4.40. The summed E-state index contributed by atoms with van der Waals surface area (Å²) in [5.41, 5.74) is 5.17. The second kappa shape index (κ2) is 6.08. The number of amides is 1. The number of rotatable bonds is 5. The van der Waals surface area contributed by atoms with Gasteiger partial charge in [-0.25, -0.2) is 0 Å². The molecule has 1 atom stereocenters. The molecule has 4 nitrogen and oxygen atoms in total. The third-order valence-electron chi connectivity index (χ3n) is 3.15. The van der Waals surface area contributed by atoms with Crippen molar-refractivity contribution in [2.24, 2.45) is 11.7 Å². The Bertz CT molecular complexity index is 201. The fourth-order valence-corrected chi connectivity index (χ4v) is 1.88. The monoisotopic (exact) mass is 214 g/mol. The number of hydrogen-bond acceptors (Lipinski definition) is 3. The zero-order chi connectivity index (χ0) is 11.3. The minimum absolute atomic E-state index is 0.174. The van der Waals surface area contributed by atoms with Gasteiger partial charge in [-0.3, -0.25) is 4.79 Å². The molecule has 3 N–H and O–H groups in total. The molecule has 1 saturated carbocycles. The Morgan fingerprint density at radius 2 is 2.07 bits per heavy atom. The van der Waals surface area contributed by atoms with E-state index in [0.29, 0.717) is 18.8 Å². The number of primary amides is 1. The van der Waals surface area contributed by atoms with Crippen LogP contribution >= 0.6 is 0 Å². The lowest BCUT2D eigenvalue weighted by Crippen LogP contribution is -2.34. The van der Waals surface area contributed by atoms with Crippen LogP contribution in [-0.2, 0) is 9.53 Å². The van der Waals surface area contributed by atoms with Crippen molar-refractivity contribution in [2.75, 3.05) is 13.7 Å². The Kier molecular flexibility index (Phi) is 5.05. The highest BCUT2D eigenvalue weighted by atomic mass is 16.5. The molecule has 0 aromatic rings. The van der Waals surface area contributed by atoms with Crippen molar-refractivity contribution in [3.63, 3.8) is 0 Å². The van der Waals surface area contributed by atoms with E-state index in [1.54, 1.807) is 0 Å². The van der Waals surface area contributed by atoms with Crippen LogP contribution in [0.2, 0.25) is 0 Å². The molecular weight excluding hydrogens is 192 g/mol. The summed E-state index contributed by atoms with van der Waals surface area (Å²) in [5.74, 6) is -0.453. The van der Waals surface area contributed by atoms with Crippen LogP contribution in [0, 0.1) is 5.92 Å². The Balaban J connectivity index is 2.16. The molecule has 1 aliphatic rings. The first kappa shape index (κ1) is 12.5. The van der Waals surface area contributed by atoms with Crippen LogP contribution < -0.4 is 11.1 Å². The standard InChI is InChI=1S/C11H22N2O2/c1-8(11(12)14)7-15-10-5-3-9(13-2)4-6-10/h8-10,13H,3-7H2,1-2H3,(H2,12,14). The van der Waals surface area contributed by atoms with Gasteiger partial charge in [0.1, 0.15) is 0 Å². The van der Waals surface area contributed by atoms with Gasteiger partial charge in [-0.15, -0.1) is 0 Å². The first-order valence-corrected chi connectivity index (χ1v) is 5.71. The van der Waals surface area contributed by atoms with E-state index in [0.717, 1.165) is 25.7 Å². The Labute approximate surface area is 91.5 Å². The minimum Gasteiger partial charge on any atom is -0.377 e. The maximum absolute atomic E-state index is 10.8. The van der Waals surface area contributed by atoms with Gasteiger partial charge in [0.05, 0.1) is 18.6 Å². The highest BCUT2D eigenvalue weighted by Crippen LogP contribution is 2.21. The zero-order valence-electron chi connectivity index (χ0n) is 9.66. The molecule has 1 aliphatic carbocycles. The van der Waals surface area contributed by atoms with Crippen molar-refractivity contribution in [1.29, 1.82) is 0 Å². The van der Waals surface area contributed by atoms with Crippen LogP contribution in [0.4, 0.5) is 0 Å². The van der Waals surface area contributed by atoms with Gasteiger partial charge in [0.2, 0.25) is 5.91 Å². The second-order valence-electron chi connectivity index (χ2n) is 4.40. The van der Waals surface area contributed by atoms with Crippen molar-refractivity contribution >= 4 is 5.91 Å². The van der Waals surface area contributed by atoms with E-state index >= 15 is 0 Å². The van der Waals surface area contributed by atoms with Gasteiger partial charge in [-0.1, -0.05) is 6.92 Å². The van der Waals surface area contributed by atoms with E-state index in [4.69, 9.17) is 10.5 Å². The molecule has 0 aromatic carbocycles. The van der Waals surface area contributed by atoms with Crippen LogP contribution in [0.3, 0.4) is 0 Å². The van der Waals surface area contributed by atoms with Crippen molar-refractivity contribution in [3.05, 3.63) is 0 Å². The van der Waals surface area contributed by atoms with E-state index in [2.05, 4.69) is 5.32 Å². The molecule has 1 unspecified atom stereocenters. The SMILES string of the molecule is CNC1CCC(OCC(C)C(N)=O)CC1. The molecule has 15 heavy (non-hydrogen) atoms. The fourth-order valence-electron chi connectivity index (χ4n) is 1.88. The molecule has 0 bridgehead atoms. The summed E-state index contributed by atoms with van der Waals surface area (Å²) in [5, 5.41) is 3.28. The lowest BCUT2D eigenvalue weighted by Gasteiger charge is -2.28. The molecule has 1 rings (SSSR count). The highest BCUT2D eigenvalue weighted by Gasteiger charge is 2.21. The Morgan fingerprint density at radius 1 is 1.47 bits per heavy atom. The van der Waals surface area contributed by atoms with E-state index in [1.807, 2.05) is 14.0 Å². The van der Waals surface area contributed by atoms with Gasteiger partial charge in [0, 0.05) is 6.04 Å². The van der Waals surface area contributed by atoms with E-state index in [9.17, 15) is 4.79 Å². The number of hydrogen-bond donors (Lipinski definition) is 2. The molecule has 1 amide bonds. The van der Waals surface area contributed by atoms with Crippen LogP contribution in [0.1, 0.15) is 32.6 Å². The van der Waals surface area contributed by atoms with Gasteiger partial charge in [0.25, 0.3) is 0 Å². The van der Waals surface area contributed by atoms with Crippen LogP contribution in [0.5, 0.6) is 0 Å². The van der Waals surface area contributed by atoms with Gasteiger partial charge in [-0.05, 0) is 32.7 Å². The smallest absolute Gasteiger partial charge is 0.222 e. The first-order valence-electron chi connectivity index (χ1n) is 5.71. The van der Waals surface area contributed by atoms with Crippen molar-refractivity contribution in [2.45, 2.75) is 44.8 Å². The molecule has 88 valence electrons. The highest BCUT2D eigenvalue weighted by molar-refractivity contribution is 5.76. The van der Waals surface area contributed by atoms with E-state index < -0.39 is 0 Å². The Hall–Kier alpha value is -0.610. The summed E-state index contributed by atoms with van der Waals surface area (Å²) in [7, 11) is 2.00. The lowest BCUT2D eigenvalue weighted by molar-refractivity contribution is -0.124. The van der Waals surface area contributed by atoms with Crippen LogP contribution in [-0.4, -0.2) is 31.7 Å². The van der Waals surface area contributed by atoms with Crippen molar-refractivity contribution in [3.8, 4) is 0 Å². The molecule has 0 aromatic heterocycles. The predicted molar refractivity (Wildman–Crippen MR) is 59.4 cm³/mol. The van der Waals surface area contributed by atoms with Gasteiger partial charge in [-0.2, -0.15) is 0 Å². The maximum atomic E-state index is 10.8. The van der Waals surface area contributed by atoms with Gasteiger partial charge >= 0.3 is 0 Å². The Morgan fingerprint density at radius 3 is 2.53 bits per heavy atom. The topological polar surface area (TPSA) is 64.3 Å². The largest absolute Gasteiger partial charge is 0.377 e. The number of nitrogens with one attached hydrogen (secondary N) is 1. The summed E-state index contributed by atoms with van der Waals surface area (Å²) >= 11 is 0. The summed E-state index contributed by atoms with van der Waals surface area (Å²) in [6, 6.07) is 0.637. The molecule has 0 aliphatic heterocycles. The molecule has 1 fully saturated rings. The van der Waals surface area contributed by atoms with Gasteiger partial charge in [0.15, 0.2) is 0 Å². The molecular formula is C11H22N2O2. The summed E-state index contributed by atoms with van der Waals surface area (Å²) in [4.78, 5) is 10.8. The maximum Gasteiger partial charge on any atom is 0.222 e. The number of nitrogens with two attached hydrogens (primary N) is 1. The van der Waals surface area contributed by atoms with Crippen LogP contribution in [0.15, 0.2) is 0 Å². The van der Waals surface area contributed by atoms with E-state index in [1.165, 1.54) is 0 Å².